The van der Waals surface area contributed by atoms with Gasteiger partial charge < -0.3 is 0 Å². The first-order valence-electron chi connectivity index (χ1n) is 3.58. The maximum absolute atomic E-state index is 10.3. The Hall–Kier alpha value is -2.18. The quantitative estimate of drug-likeness (QED) is 0.541. The fourth-order valence-electron chi connectivity index (χ4n) is 0.930. The monoisotopic (exact) mass is 198 g/mol. The smallest absolute Gasteiger partial charge is 0.276 e. The highest BCUT2D eigenvalue weighted by Crippen LogP contribution is 2.22. The van der Waals surface area contributed by atoms with Gasteiger partial charge in [-0.2, -0.15) is 0 Å². The molecule has 0 aliphatic rings. The van der Waals surface area contributed by atoms with Crippen LogP contribution in [0.1, 0.15) is 5.56 Å². The van der Waals surface area contributed by atoms with Gasteiger partial charge in [-0.1, -0.05) is 0 Å². The van der Waals surface area contributed by atoms with Crippen LogP contribution >= 0.6 is 0 Å². The summed E-state index contributed by atoms with van der Waals surface area (Å²) in [4.78, 5) is 23.9. The molecule has 0 N–H and O–H groups in total. The first kappa shape index (κ1) is 9.90. The highest BCUT2D eigenvalue weighted by Gasteiger charge is 2.09. The van der Waals surface area contributed by atoms with Crippen molar-refractivity contribution in [2.45, 2.75) is 6.92 Å². The molecule has 0 aliphatic carbocycles. The van der Waals surface area contributed by atoms with Crippen molar-refractivity contribution in [3.05, 3.63) is 44.0 Å². The van der Waals surface area contributed by atoms with Gasteiger partial charge in [0.1, 0.15) is 5.75 Å². The fraction of sp³-hybridized carbons (Fsp3) is 0.143. The lowest BCUT2D eigenvalue weighted by atomic mass is 10.2. The number of nitro groups is 1. The lowest BCUT2D eigenvalue weighted by Gasteiger charge is -2.01. The summed E-state index contributed by atoms with van der Waals surface area (Å²) < 4.78 is 0. The molecule has 0 radical (unpaired) electrons. The van der Waals surface area contributed by atoms with Gasteiger partial charge in [0, 0.05) is 12.1 Å². The molecule has 0 spiro atoms. The molecule has 0 saturated carbocycles. The van der Waals surface area contributed by atoms with Gasteiger partial charge in [0.05, 0.1) is 4.92 Å². The molecule has 0 atom stereocenters. The van der Waals surface area contributed by atoms with Crippen LogP contribution in [-0.2, 0) is 0 Å². The number of nitro benzene ring substituents is 1. The van der Waals surface area contributed by atoms with E-state index in [1.165, 1.54) is 19.1 Å². The molecule has 7 nitrogen and oxygen atoms in total. The summed E-state index contributed by atoms with van der Waals surface area (Å²) in [7, 11) is 0. The lowest BCUT2D eigenvalue weighted by molar-refractivity contribution is -0.711. The second-order valence-electron chi connectivity index (χ2n) is 2.52. The molecule has 0 heterocycles. The molecule has 0 saturated heterocycles. The van der Waals surface area contributed by atoms with Crippen molar-refractivity contribution in [1.29, 1.82) is 0 Å². The summed E-state index contributed by atoms with van der Waals surface area (Å²) >= 11 is 0. The molecule has 1 rings (SSSR count). The van der Waals surface area contributed by atoms with Crippen molar-refractivity contribution in [1.82, 2.24) is 0 Å². The van der Waals surface area contributed by atoms with E-state index >= 15 is 0 Å². The first-order valence-corrected chi connectivity index (χ1v) is 3.58. The summed E-state index contributed by atoms with van der Waals surface area (Å²) in [6.07, 6.45) is 0. The Morgan fingerprint density at radius 3 is 2.36 bits per heavy atom. The van der Waals surface area contributed by atoms with Crippen molar-refractivity contribution in [3.8, 4) is 5.75 Å². The van der Waals surface area contributed by atoms with Crippen LogP contribution in [0, 0.1) is 27.2 Å². The third-order valence-electron chi connectivity index (χ3n) is 1.54. The number of rotatable bonds is 3. The van der Waals surface area contributed by atoms with Gasteiger partial charge >= 0.3 is 0 Å². The van der Waals surface area contributed by atoms with Gasteiger partial charge in [-0.25, -0.2) is 0 Å². The van der Waals surface area contributed by atoms with Crippen LogP contribution in [0.4, 0.5) is 5.69 Å². The van der Waals surface area contributed by atoms with Crippen LogP contribution in [0.3, 0.4) is 0 Å². The molecular formula is C7H6N2O5. The molecule has 7 heteroatoms. The van der Waals surface area contributed by atoms with Crippen molar-refractivity contribution >= 4 is 5.69 Å². The number of nitrogens with zero attached hydrogens (tertiary/aromatic N) is 2. The van der Waals surface area contributed by atoms with E-state index in [2.05, 4.69) is 4.84 Å². The van der Waals surface area contributed by atoms with Gasteiger partial charge in [0.2, 0.25) is 0 Å². The molecule has 0 aromatic heterocycles. The van der Waals surface area contributed by atoms with Gasteiger partial charge in [0.25, 0.3) is 10.8 Å². The minimum Gasteiger partial charge on any atom is -0.276 e. The molecule has 0 unspecified atom stereocenters. The van der Waals surface area contributed by atoms with Crippen molar-refractivity contribution in [3.63, 3.8) is 0 Å². The van der Waals surface area contributed by atoms with Crippen LogP contribution in [0.25, 0.3) is 0 Å². The lowest BCUT2D eigenvalue weighted by Crippen LogP contribution is -2.04. The topological polar surface area (TPSA) is 95.5 Å². The van der Waals surface area contributed by atoms with E-state index < -0.39 is 10.0 Å². The van der Waals surface area contributed by atoms with Gasteiger partial charge in [-0.05, 0) is 18.6 Å². The Balaban J connectivity index is 3.01. The zero-order chi connectivity index (χ0) is 10.7. The van der Waals surface area contributed by atoms with E-state index in [0.717, 1.165) is 6.07 Å². The molecule has 0 aliphatic heterocycles. The molecule has 1 aromatic carbocycles. The standard InChI is InChI=1S/C7H6N2O5/c1-5-4-6(8(10)11)2-3-7(5)14-9(12)13/h2-4H,1H3. The van der Waals surface area contributed by atoms with Gasteiger partial charge in [0.15, 0.2) is 0 Å². The van der Waals surface area contributed by atoms with Crippen LogP contribution in [0.2, 0.25) is 0 Å². The highest BCUT2D eigenvalue weighted by atomic mass is 17.0. The molecule has 0 bridgehead atoms. The van der Waals surface area contributed by atoms with Crippen LogP contribution in [0.15, 0.2) is 18.2 Å². The minimum atomic E-state index is -0.964. The maximum Gasteiger partial charge on any atom is 0.299 e. The molecule has 0 fully saturated rings. The van der Waals surface area contributed by atoms with Crippen LogP contribution in [-0.4, -0.2) is 10.0 Å². The van der Waals surface area contributed by atoms with Crippen LogP contribution < -0.4 is 4.84 Å². The van der Waals surface area contributed by atoms with Crippen molar-refractivity contribution in [2.24, 2.45) is 0 Å². The zero-order valence-electron chi connectivity index (χ0n) is 7.17. The van der Waals surface area contributed by atoms with Crippen molar-refractivity contribution < 1.29 is 14.8 Å². The normalized spacial score (nSPS) is 9.50. The number of non-ortho nitro benzene ring substituents is 1. The summed E-state index contributed by atoms with van der Waals surface area (Å²) in [5.41, 5.74) is 0.217. The van der Waals surface area contributed by atoms with E-state index in [0.29, 0.717) is 5.56 Å². The fourth-order valence-corrected chi connectivity index (χ4v) is 0.930. The average Bonchev–Trinajstić information content (AvgIpc) is 2.07. The third-order valence-corrected chi connectivity index (χ3v) is 1.54. The number of benzene rings is 1. The summed E-state index contributed by atoms with van der Waals surface area (Å²) in [6, 6.07) is 3.54. The molecule has 74 valence electrons. The number of hydrogen-bond acceptors (Lipinski definition) is 5. The summed E-state index contributed by atoms with van der Waals surface area (Å²) in [5.74, 6) is 0.000556. The second-order valence-corrected chi connectivity index (χ2v) is 2.52. The van der Waals surface area contributed by atoms with E-state index in [9.17, 15) is 20.2 Å². The Bertz CT molecular complexity index is 390. The van der Waals surface area contributed by atoms with E-state index in [4.69, 9.17) is 0 Å². The Morgan fingerprint density at radius 2 is 1.93 bits per heavy atom. The largest absolute Gasteiger partial charge is 0.299 e. The Labute approximate surface area is 78.2 Å². The maximum atomic E-state index is 10.3. The predicted molar refractivity (Wildman–Crippen MR) is 45.5 cm³/mol. The summed E-state index contributed by atoms with van der Waals surface area (Å²) in [5, 5.41) is 19.3. The third kappa shape index (κ3) is 2.16. The van der Waals surface area contributed by atoms with Gasteiger partial charge in [-0.15, -0.1) is 10.1 Å². The number of aryl methyl sites for hydroxylation is 1. The zero-order valence-corrected chi connectivity index (χ0v) is 7.17. The highest BCUT2D eigenvalue weighted by molar-refractivity contribution is 5.42. The molecular weight excluding hydrogens is 192 g/mol. The molecule has 1 aromatic rings. The average molecular weight is 198 g/mol. The van der Waals surface area contributed by atoms with E-state index in [1.807, 2.05) is 0 Å². The Morgan fingerprint density at radius 1 is 1.29 bits per heavy atom. The van der Waals surface area contributed by atoms with Crippen molar-refractivity contribution in [2.75, 3.05) is 0 Å². The van der Waals surface area contributed by atoms with Gasteiger partial charge in [-0.3, -0.25) is 15.0 Å². The Kier molecular flexibility index (Phi) is 2.61. The first-order chi connectivity index (χ1) is 6.50. The number of hydrogen-bond donors (Lipinski definition) is 0. The predicted octanol–water partition coefficient (Wildman–Crippen LogP) is 1.47. The summed E-state index contributed by atoms with van der Waals surface area (Å²) in [6.45, 7) is 1.49. The molecule has 0 amide bonds. The van der Waals surface area contributed by atoms with E-state index in [1.54, 1.807) is 0 Å². The SMILES string of the molecule is Cc1cc([N+](=O)[O-])ccc1O[N+](=O)[O-]. The molecule has 14 heavy (non-hydrogen) atoms. The second kappa shape index (κ2) is 3.69. The van der Waals surface area contributed by atoms with Crippen LogP contribution in [0.5, 0.6) is 5.75 Å². The van der Waals surface area contributed by atoms with E-state index in [-0.39, 0.29) is 11.4 Å². The minimum absolute atomic E-state index is 0.000556.